The molecular formula is C18H15BrN2O4. The molecule has 0 radical (unpaired) electrons. The van der Waals surface area contributed by atoms with Crippen molar-refractivity contribution in [2.75, 3.05) is 13.7 Å². The van der Waals surface area contributed by atoms with Crippen molar-refractivity contribution in [2.24, 2.45) is 5.10 Å². The number of aromatic hydroxyl groups is 1. The number of hydrogen-bond acceptors (Lipinski definition) is 5. The van der Waals surface area contributed by atoms with Gasteiger partial charge in [-0.2, -0.15) is 5.10 Å². The second kappa shape index (κ2) is 8.76. The Morgan fingerprint density at radius 3 is 2.88 bits per heavy atom. The number of benzene rings is 2. The van der Waals surface area contributed by atoms with Gasteiger partial charge in [0.15, 0.2) is 0 Å². The van der Waals surface area contributed by atoms with Gasteiger partial charge in [0.05, 0.1) is 18.9 Å². The van der Waals surface area contributed by atoms with E-state index in [0.29, 0.717) is 17.1 Å². The van der Waals surface area contributed by atoms with E-state index in [0.717, 1.165) is 4.47 Å². The second-order valence-electron chi connectivity index (χ2n) is 4.76. The molecule has 0 heterocycles. The topological polar surface area (TPSA) is 80.2 Å². The molecule has 0 aliphatic rings. The van der Waals surface area contributed by atoms with E-state index in [9.17, 15) is 9.90 Å². The van der Waals surface area contributed by atoms with Crippen molar-refractivity contribution < 1.29 is 19.4 Å². The van der Waals surface area contributed by atoms with E-state index < -0.39 is 5.91 Å². The fourth-order valence-electron chi connectivity index (χ4n) is 1.92. The predicted octanol–water partition coefficient (Wildman–Crippen LogP) is 2.94. The summed E-state index contributed by atoms with van der Waals surface area (Å²) in [5.74, 6) is 2.60. The lowest BCUT2D eigenvalue weighted by molar-refractivity contribution is 0.0952. The summed E-state index contributed by atoms with van der Waals surface area (Å²) in [6, 6.07) is 9.67. The third-order valence-electron chi connectivity index (χ3n) is 3.10. The van der Waals surface area contributed by atoms with Crippen molar-refractivity contribution in [3.8, 4) is 29.6 Å². The van der Waals surface area contributed by atoms with Crippen LogP contribution in [-0.2, 0) is 0 Å². The molecule has 128 valence electrons. The average molecular weight is 403 g/mol. The number of terminal acetylenes is 1. The maximum absolute atomic E-state index is 12.1. The minimum absolute atomic E-state index is 0.0796. The molecule has 0 unspecified atom stereocenters. The van der Waals surface area contributed by atoms with Gasteiger partial charge in [-0.05, 0) is 30.3 Å². The molecule has 2 rings (SSSR count). The first-order valence-corrected chi connectivity index (χ1v) is 7.90. The summed E-state index contributed by atoms with van der Waals surface area (Å²) < 4.78 is 11.2. The maximum Gasteiger partial charge on any atom is 0.275 e. The summed E-state index contributed by atoms with van der Waals surface area (Å²) in [5, 5.41) is 13.7. The summed E-state index contributed by atoms with van der Waals surface area (Å²) in [6.07, 6.45) is 6.61. The Morgan fingerprint density at radius 1 is 1.40 bits per heavy atom. The molecule has 25 heavy (non-hydrogen) atoms. The highest BCUT2D eigenvalue weighted by atomic mass is 79.9. The van der Waals surface area contributed by atoms with Crippen LogP contribution in [0.15, 0.2) is 46.0 Å². The number of phenols is 1. The molecule has 2 aromatic rings. The summed E-state index contributed by atoms with van der Waals surface area (Å²) in [6.45, 7) is 0.120. The van der Waals surface area contributed by atoms with E-state index in [1.807, 2.05) is 0 Å². The number of rotatable bonds is 6. The third-order valence-corrected chi connectivity index (χ3v) is 3.60. The van der Waals surface area contributed by atoms with Gasteiger partial charge >= 0.3 is 0 Å². The summed E-state index contributed by atoms with van der Waals surface area (Å²) >= 11 is 3.36. The Hall–Kier alpha value is -2.98. The molecule has 0 spiro atoms. The van der Waals surface area contributed by atoms with E-state index in [2.05, 4.69) is 32.4 Å². The first kappa shape index (κ1) is 18.4. The molecule has 0 aliphatic carbocycles. The van der Waals surface area contributed by atoms with Crippen molar-refractivity contribution in [2.45, 2.75) is 0 Å². The number of nitrogens with zero attached hydrogens (tertiary/aromatic N) is 1. The van der Waals surface area contributed by atoms with Crippen molar-refractivity contribution in [1.82, 2.24) is 5.43 Å². The predicted molar refractivity (Wildman–Crippen MR) is 98.2 cm³/mol. The van der Waals surface area contributed by atoms with E-state index in [1.165, 1.54) is 25.5 Å². The zero-order valence-corrected chi connectivity index (χ0v) is 14.9. The Bertz CT molecular complexity index is 843. The van der Waals surface area contributed by atoms with E-state index >= 15 is 0 Å². The summed E-state index contributed by atoms with van der Waals surface area (Å²) in [5.41, 5.74) is 3.06. The monoisotopic (exact) mass is 402 g/mol. The highest BCUT2D eigenvalue weighted by Crippen LogP contribution is 2.23. The Balaban J connectivity index is 2.11. The fourth-order valence-corrected chi connectivity index (χ4v) is 2.30. The Morgan fingerprint density at radius 2 is 2.20 bits per heavy atom. The lowest BCUT2D eigenvalue weighted by Crippen LogP contribution is -2.17. The van der Waals surface area contributed by atoms with Crippen molar-refractivity contribution >= 4 is 28.1 Å². The molecule has 0 aliphatic heterocycles. The van der Waals surface area contributed by atoms with Crippen LogP contribution >= 0.6 is 15.9 Å². The van der Waals surface area contributed by atoms with Crippen molar-refractivity contribution in [1.29, 1.82) is 0 Å². The summed E-state index contributed by atoms with van der Waals surface area (Å²) in [7, 11) is 1.47. The SMILES string of the molecule is C#CCOc1ccc(Br)cc1/C=N\NC(=O)c1ccc(OC)cc1O. The zero-order valence-electron chi connectivity index (χ0n) is 13.3. The number of halogens is 1. The number of carbonyl (C=O) groups excluding carboxylic acids is 1. The van der Waals surface area contributed by atoms with Gasteiger partial charge in [0, 0.05) is 16.1 Å². The molecule has 1 amide bonds. The molecular weight excluding hydrogens is 388 g/mol. The van der Waals surface area contributed by atoms with Gasteiger partial charge in [-0.1, -0.05) is 21.9 Å². The minimum atomic E-state index is -0.558. The van der Waals surface area contributed by atoms with Crippen molar-refractivity contribution in [3.05, 3.63) is 52.0 Å². The van der Waals surface area contributed by atoms with Gasteiger partial charge in [-0.3, -0.25) is 4.79 Å². The minimum Gasteiger partial charge on any atom is -0.507 e. The van der Waals surface area contributed by atoms with Crippen LogP contribution < -0.4 is 14.9 Å². The van der Waals surface area contributed by atoms with Gasteiger partial charge in [0.2, 0.25) is 0 Å². The van der Waals surface area contributed by atoms with E-state index in [4.69, 9.17) is 15.9 Å². The molecule has 0 saturated heterocycles. The fraction of sp³-hybridized carbons (Fsp3) is 0.111. The standard InChI is InChI=1S/C18H15BrN2O4/c1-3-8-25-17-7-4-13(19)9-12(17)11-20-21-18(23)15-6-5-14(24-2)10-16(15)22/h1,4-7,9-11,22H,8H2,2H3,(H,21,23)/b20-11-. The molecule has 2 aromatic carbocycles. The quantitative estimate of drug-likeness (QED) is 0.442. The maximum atomic E-state index is 12.1. The molecule has 0 saturated carbocycles. The molecule has 6 nitrogen and oxygen atoms in total. The number of ether oxygens (including phenoxy) is 2. The van der Waals surface area contributed by atoms with E-state index in [-0.39, 0.29) is 17.9 Å². The van der Waals surface area contributed by atoms with Crippen LogP contribution in [0.2, 0.25) is 0 Å². The van der Waals surface area contributed by atoms with Gasteiger partial charge in [0.25, 0.3) is 5.91 Å². The first-order valence-electron chi connectivity index (χ1n) is 7.11. The normalized spacial score (nSPS) is 10.3. The zero-order chi connectivity index (χ0) is 18.2. The number of phenolic OH excluding ortho intramolecular Hbond substituents is 1. The van der Waals surface area contributed by atoms with Crippen LogP contribution in [0.25, 0.3) is 0 Å². The molecule has 2 N–H and O–H groups in total. The van der Waals surface area contributed by atoms with Gasteiger partial charge in [-0.15, -0.1) is 6.42 Å². The highest BCUT2D eigenvalue weighted by Gasteiger charge is 2.11. The lowest BCUT2D eigenvalue weighted by Gasteiger charge is -2.07. The van der Waals surface area contributed by atoms with Crippen LogP contribution in [0.3, 0.4) is 0 Å². The highest BCUT2D eigenvalue weighted by molar-refractivity contribution is 9.10. The smallest absolute Gasteiger partial charge is 0.275 e. The van der Waals surface area contributed by atoms with Crippen LogP contribution in [0.1, 0.15) is 15.9 Å². The van der Waals surface area contributed by atoms with Gasteiger partial charge in [0.1, 0.15) is 23.9 Å². The molecule has 7 heteroatoms. The van der Waals surface area contributed by atoms with Crippen LogP contribution in [0, 0.1) is 12.3 Å². The third kappa shape index (κ3) is 4.99. The Labute approximate surface area is 153 Å². The Kier molecular flexibility index (Phi) is 6.43. The molecule has 0 bridgehead atoms. The van der Waals surface area contributed by atoms with Crippen LogP contribution in [0.4, 0.5) is 0 Å². The molecule has 0 aromatic heterocycles. The molecule has 0 fully saturated rings. The van der Waals surface area contributed by atoms with E-state index in [1.54, 1.807) is 24.3 Å². The number of amides is 1. The van der Waals surface area contributed by atoms with Crippen molar-refractivity contribution in [3.63, 3.8) is 0 Å². The second-order valence-corrected chi connectivity index (χ2v) is 5.67. The number of nitrogens with one attached hydrogen (secondary N) is 1. The lowest BCUT2D eigenvalue weighted by atomic mass is 10.2. The van der Waals surface area contributed by atoms with Gasteiger partial charge < -0.3 is 14.6 Å². The number of methoxy groups -OCH3 is 1. The van der Waals surface area contributed by atoms with Gasteiger partial charge in [-0.25, -0.2) is 5.43 Å². The van der Waals surface area contributed by atoms with Crippen LogP contribution in [-0.4, -0.2) is 30.9 Å². The number of hydrogen-bond donors (Lipinski definition) is 2. The number of hydrazone groups is 1. The largest absolute Gasteiger partial charge is 0.507 e. The first-order chi connectivity index (χ1) is 12.0. The van der Waals surface area contributed by atoms with Crippen LogP contribution in [0.5, 0.6) is 17.2 Å². The molecule has 0 atom stereocenters. The number of carbonyl (C=O) groups is 1. The average Bonchev–Trinajstić information content (AvgIpc) is 2.60. The summed E-state index contributed by atoms with van der Waals surface area (Å²) in [4.78, 5) is 12.1.